The van der Waals surface area contributed by atoms with Crippen LogP contribution in [0.15, 0.2) is 12.2 Å². The molecule has 0 bridgehead atoms. The zero-order valence-electron chi connectivity index (χ0n) is 14.0. The summed E-state index contributed by atoms with van der Waals surface area (Å²) in [6.45, 7) is 7.26. The quantitative estimate of drug-likeness (QED) is 0.159. The highest BCUT2D eigenvalue weighted by atomic mass is 127. The fourth-order valence-corrected chi connectivity index (χ4v) is 3.13. The third-order valence-electron chi connectivity index (χ3n) is 3.20. The summed E-state index contributed by atoms with van der Waals surface area (Å²) in [6.07, 6.45) is 14.7. The van der Waals surface area contributed by atoms with Crippen LogP contribution < -0.4 is 24.0 Å². The van der Waals surface area contributed by atoms with Crippen molar-refractivity contribution >= 4 is 7.26 Å². The molecule has 2 nitrogen and oxygen atoms in total. The van der Waals surface area contributed by atoms with Crippen molar-refractivity contribution in [2.45, 2.75) is 51.2 Å². The lowest BCUT2D eigenvalue weighted by molar-refractivity contribution is -0.107. The first kappa shape index (κ1) is 23.1. The predicted molar refractivity (Wildman–Crippen MR) is 88.8 cm³/mol. The summed E-state index contributed by atoms with van der Waals surface area (Å²) in [5, 5.41) is 0. The fourth-order valence-electron chi connectivity index (χ4n) is 2.00. The van der Waals surface area contributed by atoms with Crippen LogP contribution in [0, 0.1) is 0 Å². The average molecular weight is 416 g/mol. The van der Waals surface area contributed by atoms with E-state index in [2.05, 4.69) is 32.1 Å². The molecule has 122 valence electrons. The van der Waals surface area contributed by atoms with Gasteiger partial charge in [0.25, 0.3) is 0 Å². The first-order valence-corrected chi connectivity index (χ1v) is 10.8. The van der Waals surface area contributed by atoms with Crippen molar-refractivity contribution in [1.29, 1.82) is 0 Å². The van der Waals surface area contributed by atoms with Crippen LogP contribution in [0.3, 0.4) is 0 Å². The van der Waals surface area contributed by atoms with E-state index in [1.807, 2.05) is 0 Å². The number of halogens is 1. The molecule has 20 heavy (non-hydrogen) atoms. The molecular formula is C16H34IO2P. The Labute approximate surface area is 144 Å². The van der Waals surface area contributed by atoms with Crippen LogP contribution in [0.4, 0.5) is 0 Å². The van der Waals surface area contributed by atoms with E-state index in [1.165, 1.54) is 44.7 Å². The van der Waals surface area contributed by atoms with E-state index in [0.29, 0.717) is 0 Å². The Morgan fingerprint density at radius 2 is 1.40 bits per heavy atom. The number of allylic oxidation sites excluding steroid dienone is 2. The van der Waals surface area contributed by atoms with Gasteiger partial charge in [0, 0.05) is 41.5 Å². The van der Waals surface area contributed by atoms with Crippen LogP contribution in [-0.2, 0) is 9.47 Å². The van der Waals surface area contributed by atoms with Crippen LogP contribution in [0.1, 0.15) is 44.9 Å². The van der Waals surface area contributed by atoms with Crippen LogP contribution in [0.2, 0.25) is 0 Å². The second-order valence-electron chi connectivity index (χ2n) is 6.17. The van der Waals surface area contributed by atoms with Gasteiger partial charge in [-0.1, -0.05) is 18.6 Å². The van der Waals surface area contributed by atoms with Crippen LogP contribution >= 0.6 is 7.26 Å². The van der Waals surface area contributed by atoms with Gasteiger partial charge in [-0.05, 0) is 38.5 Å². The van der Waals surface area contributed by atoms with Crippen LogP contribution in [-0.4, -0.2) is 46.7 Å². The summed E-state index contributed by atoms with van der Waals surface area (Å²) in [5.41, 5.74) is 0. The van der Waals surface area contributed by atoms with Gasteiger partial charge in [0.1, 0.15) is 0 Å². The Kier molecular flexibility index (Phi) is 17.0. The van der Waals surface area contributed by atoms with Crippen molar-refractivity contribution in [3.63, 3.8) is 0 Å². The molecule has 0 N–H and O–H groups in total. The molecule has 0 atom stereocenters. The van der Waals surface area contributed by atoms with Gasteiger partial charge in [-0.25, -0.2) is 0 Å². The fraction of sp³-hybridized carbons (Fsp3) is 0.875. The Morgan fingerprint density at radius 3 is 1.90 bits per heavy atom. The Hall–Kier alpha value is 0.820. The molecule has 4 heteroatoms. The summed E-state index contributed by atoms with van der Waals surface area (Å²) < 4.78 is 10.3. The zero-order valence-corrected chi connectivity index (χ0v) is 17.1. The van der Waals surface area contributed by atoms with Gasteiger partial charge in [-0.2, -0.15) is 0 Å². The lowest BCUT2D eigenvalue weighted by Crippen LogP contribution is -3.00. The molecule has 0 radical (unpaired) electrons. The molecule has 0 rings (SSSR count). The number of methoxy groups -OCH3 is 2. The molecule has 0 aliphatic rings. The number of hydrogen-bond donors (Lipinski definition) is 0. The molecule has 0 aliphatic heterocycles. The van der Waals surface area contributed by atoms with Gasteiger partial charge in [0.15, 0.2) is 6.29 Å². The molecule has 0 fully saturated rings. The molecule has 0 aliphatic carbocycles. The maximum Gasteiger partial charge on any atom is 0.156 e. The molecule has 0 aromatic rings. The smallest absolute Gasteiger partial charge is 0.156 e. The van der Waals surface area contributed by atoms with Crippen LogP contribution in [0.25, 0.3) is 0 Å². The normalized spacial score (nSPS) is 12.1. The zero-order chi connectivity index (χ0) is 14.6. The van der Waals surface area contributed by atoms with E-state index in [4.69, 9.17) is 9.47 Å². The third kappa shape index (κ3) is 16.9. The number of ether oxygens (including phenoxy) is 2. The molecule has 0 spiro atoms. The highest BCUT2D eigenvalue weighted by Gasteiger charge is 2.14. The van der Waals surface area contributed by atoms with Crippen molar-refractivity contribution in [3.8, 4) is 0 Å². The summed E-state index contributed by atoms with van der Waals surface area (Å²) in [5.74, 6) is 0. The van der Waals surface area contributed by atoms with Gasteiger partial charge in [0.05, 0.1) is 6.16 Å². The lowest BCUT2D eigenvalue weighted by Gasteiger charge is -2.12. The molecule has 0 saturated carbocycles. The van der Waals surface area contributed by atoms with Gasteiger partial charge in [-0.3, -0.25) is 0 Å². The molecule has 0 aromatic heterocycles. The third-order valence-corrected chi connectivity index (χ3v) is 4.86. The summed E-state index contributed by atoms with van der Waals surface area (Å²) >= 11 is 0. The minimum atomic E-state index is -0.559. The minimum Gasteiger partial charge on any atom is -1.00 e. The van der Waals surface area contributed by atoms with E-state index in [-0.39, 0.29) is 30.3 Å². The van der Waals surface area contributed by atoms with Gasteiger partial charge < -0.3 is 33.5 Å². The van der Waals surface area contributed by atoms with Gasteiger partial charge in [0.2, 0.25) is 0 Å². The lowest BCUT2D eigenvalue weighted by atomic mass is 10.1. The second kappa shape index (κ2) is 14.7. The van der Waals surface area contributed by atoms with E-state index < -0.39 is 7.26 Å². The number of unbranched alkanes of at least 4 members (excludes halogenated alkanes) is 4. The topological polar surface area (TPSA) is 18.5 Å². The van der Waals surface area contributed by atoms with Crippen molar-refractivity contribution in [2.75, 3.05) is 40.4 Å². The molecular weight excluding hydrogens is 382 g/mol. The van der Waals surface area contributed by atoms with Gasteiger partial charge in [-0.15, -0.1) is 0 Å². The molecule has 0 saturated heterocycles. The van der Waals surface area contributed by atoms with Crippen molar-refractivity contribution < 1.29 is 33.5 Å². The number of rotatable bonds is 12. The predicted octanol–water partition coefficient (Wildman–Crippen LogP) is 1.80. The SMILES string of the molecule is COC(CCCCC/C=C\CCC[P+](C)(C)C)OC.[I-]. The first-order valence-electron chi connectivity index (χ1n) is 7.50. The van der Waals surface area contributed by atoms with Crippen molar-refractivity contribution in [1.82, 2.24) is 0 Å². The monoisotopic (exact) mass is 416 g/mol. The maximum absolute atomic E-state index is 5.17. The molecule has 0 aromatic carbocycles. The van der Waals surface area contributed by atoms with E-state index in [9.17, 15) is 0 Å². The molecule has 0 amide bonds. The second-order valence-corrected chi connectivity index (χ2v) is 11.2. The minimum absolute atomic E-state index is 0. The largest absolute Gasteiger partial charge is 1.00 e. The highest BCUT2D eigenvalue weighted by molar-refractivity contribution is 7.73. The van der Waals surface area contributed by atoms with E-state index >= 15 is 0 Å². The van der Waals surface area contributed by atoms with E-state index in [1.54, 1.807) is 14.2 Å². The maximum atomic E-state index is 5.17. The average Bonchev–Trinajstić information content (AvgIpc) is 2.35. The Balaban J connectivity index is 0. The Morgan fingerprint density at radius 1 is 0.850 bits per heavy atom. The van der Waals surface area contributed by atoms with Gasteiger partial charge >= 0.3 is 0 Å². The highest BCUT2D eigenvalue weighted by Crippen LogP contribution is 2.47. The first-order chi connectivity index (χ1) is 8.99. The summed E-state index contributed by atoms with van der Waals surface area (Å²) in [4.78, 5) is 0. The summed E-state index contributed by atoms with van der Waals surface area (Å²) in [6, 6.07) is 0. The van der Waals surface area contributed by atoms with E-state index in [0.717, 1.165) is 6.42 Å². The van der Waals surface area contributed by atoms with Crippen molar-refractivity contribution in [3.05, 3.63) is 12.2 Å². The summed E-state index contributed by atoms with van der Waals surface area (Å²) in [7, 11) is 2.85. The van der Waals surface area contributed by atoms with Crippen molar-refractivity contribution in [2.24, 2.45) is 0 Å². The number of hydrogen-bond acceptors (Lipinski definition) is 2. The molecule has 0 heterocycles. The van der Waals surface area contributed by atoms with Crippen LogP contribution in [0.5, 0.6) is 0 Å². The molecule has 0 unspecified atom stereocenters. The standard InChI is InChI=1S/C16H34O2P.HI/c1-17-16(18-2)14-12-10-8-6-7-9-11-13-15-19(3,4)5;/h7,9,16H,6,8,10-15H2,1-5H3;1H/q+1;/p-1/b9-7-;. The Bertz CT molecular complexity index is 223.